The van der Waals surface area contributed by atoms with E-state index in [9.17, 15) is 5.11 Å². The summed E-state index contributed by atoms with van der Waals surface area (Å²) < 4.78 is 0. The van der Waals surface area contributed by atoms with Gasteiger partial charge in [0.1, 0.15) is 11.6 Å². The smallest absolute Gasteiger partial charge is 0.132 e. The summed E-state index contributed by atoms with van der Waals surface area (Å²) in [4.78, 5) is 16.9. The molecule has 1 aromatic heterocycles. The molecule has 3 rings (SSSR count). The molecule has 2 fully saturated rings. The molecule has 6 heteroatoms. The van der Waals surface area contributed by atoms with Crippen LogP contribution < -0.4 is 4.90 Å². The third-order valence-electron chi connectivity index (χ3n) is 6.25. The molecule has 1 aromatic rings. The second kappa shape index (κ2) is 9.30. The van der Waals surface area contributed by atoms with Gasteiger partial charge >= 0.3 is 0 Å². The molecule has 0 bridgehead atoms. The van der Waals surface area contributed by atoms with Gasteiger partial charge in [-0.15, -0.1) is 0 Å². The van der Waals surface area contributed by atoms with Crippen LogP contribution in [0.2, 0.25) is 0 Å². The zero-order valence-corrected chi connectivity index (χ0v) is 17.6. The van der Waals surface area contributed by atoms with Crippen LogP contribution in [0.15, 0.2) is 6.07 Å². The van der Waals surface area contributed by atoms with E-state index in [-0.39, 0.29) is 6.61 Å². The standard InChI is InChI=1S/C21H37N5O/c1-5-18-14-21(23-17(4)22-18)25-11-12-26(20(15-25)8-13-27)19-6-9-24(10-7-19)16(2)3/h14,16,19-20,27H,5-13,15H2,1-4H3/t20-/m1/s1. The average molecular weight is 376 g/mol. The number of nitrogens with zero attached hydrogens (tertiary/aromatic N) is 5. The molecule has 0 aliphatic carbocycles. The van der Waals surface area contributed by atoms with E-state index in [1.807, 2.05) is 6.92 Å². The largest absolute Gasteiger partial charge is 0.396 e. The van der Waals surface area contributed by atoms with Crippen LogP contribution >= 0.6 is 0 Å². The number of rotatable bonds is 6. The van der Waals surface area contributed by atoms with Crippen LogP contribution in [0.4, 0.5) is 5.82 Å². The highest BCUT2D eigenvalue weighted by Crippen LogP contribution is 2.26. The second-order valence-electron chi connectivity index (χ2n) is 8.33. The lowest BCUT2D eigenvalue weighted by Crippen LogP contribution is -2.59. The Bertz CT molecular complexity index is 600. The number of aryl methyl sites for hydroxylation is 2. The second-order valence-corrected chi connectivity index (χ2v) is 8.33. The number of aromatic nitrogens is 2. The summed E-state index contributed by atoms with van der Waals surface area (Å²) in [5, 5.41) is 9.65. The lowest BCUT2D eigenvalue weighted by Gasteiger charge is -2.48. The first kappa shape index (κ1) is 20.5. The van der Waals surface area contributed by atoms with Gasteiger partial charge in [0.05, 0.1) is 0 Å². The van der Waals surface area contributed by atoms with Crippen molar-refractivity contribution >= 4 is 5.82 Å². The van der Waals surface area contributed by atoms with Crippen molar-refractivity contribution < 1.29 is 5.11 Å². The van der Waals surface area contributed by atoms with E-state index in [0.717, 1.165) is 49.8 Å². The highest BCUT2D eigenvalue weighted by molar-refractivity contribution is 5.41. The number of piperidine rings is 1. The van der Waals surface area contributed by atoms with Gasteiger partial charge in [0.25, 0.3) is 0 Å². The fourth-order valence-electron chi connectivity index (χ4n) is 4.65. The van der Waals surface area contributed by atoms with Crippen molar-refractivity contribution in [1.82, 2.24) is 19.8 Å². The summed E-state index contributed by atoms with van der Waals surface area (Å²) >= 11 is 0. The van der Waals surface area contributed by atoms with Crippen LogP contribution in [-0.2, 0) is 6.42 Å². The average Bonchev–Trinajstić information content (AvgIpc) is 2.67. The van der Waals surface area contributed by atoms with Crippen molar-refractivity contribution in [1.29, 1.82) is 0 Å². The Kier molecular flexibility index (Phi) is 7.06. The highest BCUT2D eigenvalue weighted by atomic mass is 16.3. The molecule has 0 radical (unpaired) electrons. The molecule has 0 amide bonds. The van der Waals surface area contributed by atoms with Gasteiger partial charge in [-0.25, -0.2) is 9.97 Å². The molecule has 6 nitrogen and oxygen atoms in total. The summed E-state index contributed by atoms with van der Waals surface area (Å²) in [6, 6.07) is 3.83. The number of likely N-dealkylation sites (tertiary alicyclic amines) is 1. The molecule has 2 aliphatic heterocycles. The first-order valence-electron chi connectivity index (χ1n) is 10.7. The molecule has 0 unspecified atom stereocenters. The van der Waals surface area contributed by atoms with Crippen molar-refractivity contribution in [2.75, 3.05) is 44.2 Å². The molecule has 27 heavy (non-hydrogen) atoms. The molecule has 0 aromatic carbocycles. The molecule has 152 valence electrons. The number of piperazine rings is 1. The minimum atomic E-state index is 0.253. The predicted octanol–water partition coefficient (Wildman–Crippen LogP) is 2.09. The zero-order chi connectivity index (χ0) is 19.4. The van der Waals surface area contributed by atoms with Crippen molar-refractivity contribution in [3.63, 3.8) is 0 Å². The third-order valence-corrected chi connectivity index (χ3v) is 6.25. The molecule has 3 heterocycles. The van der Waals surface area contributed by atoms with E-state index >= 15 is 0 Å². The summed E-state index contributed by atoms with van der Waals surface area (Å²) in [5.41, 5.74) is 1.11. The Balaban J connectivity index is 1.68. The third kappa shape index (κ3) is 4.98. The van der Waals surface area contributed by atoms with Gasteiger partial charge in [-0.3, -0.25) is 4.90 Å². The highest BCUT2D eigenvalue weighted by Gasteiger charge is 2.34. The van der Waals surface area contributed by atoms with Gasteiger partial charge in [0.15, 0.2) is 0 Å². The van der Waals surface area contributed by atoms with Crippen LogP contribution in [0.3, 0.4) is 0 Å². The maximum Gasteiger partial charge on any atom is 0.132 e. The van der Waals surface area contributed by atoms with Gasteiger partial charge in [-0.2, -0.15) is 0 Å². The van der Waals surface area contributed by atoms with E-state index in [1.165, 1.54) is 25.9 Å². The molecule has 0 spiro atoms. The Morgan fingerprint density at radius 1 is 1.15 bits per heavy atom. The van der Waals surface area contributed by atoms with Crippen LogP contribution in [-0.4, -0.2) is 82.3 Å². The van der Waals surface area contributed by atoms with Crippen LogP contribution in [0.25, 0.3) is 0 Å². The van der Waals surface area contributed by atoms with E-state index in [1.54, 1.807) is 0 Å². The molecule has 1 atom stereocenters. The maximum absolute atomic E-state index is 9.65. The molecular formula is C21H37N5O. The molecule has 0 saturated carbocycles. The van der Waals surface area contributed by atoms with Gasteiger partial charge in [0.2, 0.25) is 0 Å². The van der Waals surface area contributed by atoms with E-state index < -0.39 is 0 Å². The van der Waals surface area contributed by atoms with Gasteiger partial charge in [0, 0.05) is 56.1 Å². The van der Waals surface area contributed by atoms with E-state index in [0.29, 0.717) is 18.1 Å². The molecule has 2 aliphatic rings. The molecule has 1 N–H and O–H groups in total. The zero-order valence-electron chi connectivity index (χ0n) is 17.6. The summed E-state index contributed by atoms with van der Waals surface area (Å²) in [6.45, 7) is 14.4. The minimum absolute atomic E-state index is 0.253. The van der Waals surface area contributed by atoms with Crippen LogP contribution in [0.1, 0.15) is 51.6 Å². The number of anilines is 1. The van der Waals surface area contributed by atoms with Crippen LogP contribution in [0, 0.1) is 6.92 Å². The topological polar surface area (TPSA) is 55.7 Å². The number of hydrogen-bond acceptors (Lipinski definition) is 6. The SMILES string of the molecule is CCc1cc(N2CCN(C3CCN(C(C)C)CC3)[C@H](CCO)C2)nc(C)n1. The monoisotopic (exact) mass is 375 g/mol. The normalized spacial score (nSPS) is 23.3. The predicted molar refractivity (Wildman–Crippen MR) is 110 cm³/mol. The van der Waals surface area contributed by atoms with Gasteiger partial charge < -0.3 is 14.9 Å². The summed E-state index contributed by atoms with van der Waals surface area (Å²) in [6.07, 6.45) is 4.26. The van der Waals surface area contributed by atoms with Crippen molar-refractivity contribution in [3.8, 4) is 0 Å². The molecular weight excluding hydrogens is 338 g/mol. The fraction of sp³-hybridized carbons (Fsp3) is 0.810. The lowest BCUT2D eigenvalue weighted by molar-refractivity contribution is 0.0462. The summed E-state index contributed by atoms with van der Waals surface area (Å²) in [7, 11) is 0. The van der Waals surface area contributed by atoms with Gasteiger partial charge in [-0.05, 0) is 59.5 Å². The number of hydrogen-bond donors (Lipinski definition) is 1. The Morgan fingerprint density at radius 2 is 1.89 bits per heavy atom. The Labute approximate surface area is 164 Å². The van der Waals surface area contributed by atoms with E-state index in [2.05, 4.69) is 46.5 Å². The summed E-state index contributed by atoms with van der Waals surface area (Å²) in [5.74, 6) is 1.91. The minimum Gasteiger partial charge on any atom is -0.396 e. The van der Waals surface area contributed by atoms with Crippen molar-refractivity contribution in [3.05, 3.63) is 17.6 Å². The Morgan fingerprint density at radius 3 is 2.52 bits per heavy atom. The number of aliphatic hydroxyl groups excluding tert-OH is 1. The first-order chi connectivity index (χ1) is 13.0. The quantitative estimate of drug-likeness (QED) is 0.822. The van der Waals surface area contributed by atoms with Crippen LogP contribution in [0.5, 0.6) is 0 Å². The van der Waals surface area contributed by atoms with Crippen molar-refractivity contribution in [2.24, 2.45) is 0 Å². The fourth-order valence-corrected chi connectivity index (χ4v) is 4.65. The molecule has 2 saturated heterocycles. The maximum atomic E-state index is 9.65. The number of aliphatic hydroxyl groups is 1. The first-order valence-corrected chi connectivity index (χ1v) is 10.7. The van der Waals surface area contributed by atoms with Gasteiger partial charge in [-0.1, -0.05) is 6.92 Å². The van der Waals surface area contributed by atoms with Crippen molar-refractivity contribution in [2.45, 2.75) is 71.5 Å². The Hall–Kier alpha value is -1.24. The lowest BCUT2D eigenvalue weighted by atomic mass is 9.97. The van der Waals surface area contributed by atoms with E-state index in [4.69, 9.17) is 4.98 Å².